The molecule has 0 atom stereocenters. The SMILES string of the molecule is FC(F)(F)c1ccc(C=Cc2nc3c(ccc4ccccc43)s2)cc1. The Morgan fingerprint density at radius 2 is 1.60 bits per heavy atom. The molecule has 1 aromatic heterocycles. The van der Waals surface area contributed by atoms with Gasteiger partial charge in [0.1, 0.15) is 5.01 Å². The molecule has 0 unspecified atom stereocenters. The van der Waals surface area contributed by atoms with Gasteiger partial charge in [-0.25, -0.2) is 4.98 Å². The lowest BCUT2D eigenvalue weighted by molar-refractivity contribution is -0.137. The monoisotopic (exact) mass is 355 g/mol. The highest BCUT2D eigenvalue weighted by molar-refractivity contribution is 7.19. The third-order valence-corrected chi connectivity index (χ3v) is 4.94. The molecule has 0 amide bonds. The van der Waals surface area contributed by atoms with Crippen LogP contribution in [0.25, 0.3) is 33.1 Å². The van der Waals surface area contributed by atoms with E-state index >= 15 is 0 Å². The maximum Gasteiger partial charge on any atom is 0.416 e. The van der Waals surface area contributed by atoms with Gasteiger partial charge in [-0.1, -0.05) is 48.5 Å². The molecule has 0 radical (unpaired) electrons. The highest BCUT2D eigenvalue weighted by Gasteiger charge is 2.29. The van der Waals surface area contributed by atoms with Crippen LogP contribution in [0.5, 0.6) is 0 Å². The van der Waals surface area contributed by atoms with Crippen LogP contribution >= 0.6 is 11.3 Å². The van der Waals surface area contributed by atoms with Crippen molar-refractivity contribution in [1.82, 2.24) is 4.98 Å². The van der Waals surface area contributed by atoms with Crippen LogP contribution in [0.4, 0.5) is 13.2 Å². The second kappa shape index (κ2) is 6.01. The van der Waals surface area contributed by atoms with Gasteiger partial charge in [0.2, 0.25) is 0 Å². The minimum atomic E-state index is -4.31. The molecule has 0 saturated heterocycles. The van der Waals surface area contributed by atoms with E-state index in [-0.39, 0.29) is 0 Å². The number of nitrogens with zero attached hydrogens (tertiary/aromatic N) is 1. The molecule has 1 nitrogen and oxygen atoms in total. The van der Waals surface area contributed by atoms with Gasteiger partial charge >= 0.3 is 6.18 Å². The van der Waals surface area contributed by atoms with E-state index < -0.39 is 11.7 Å². The summed E-state index contributed by atoms with van der Waals surface area (Å²) in [7, 11) is 0. The van der Waals surface area contributed by atoms with E-state index in [1.807, 2.05) is 36.4 Å². The van der Waals surface area contributed by atoms with Crippen molar-refractivity contribution in [2.24, 2.45) is 0 Å². The van der Waals surface area contributed by atoms with Crippen LogP contribution in [0, 0.1) is 0 Å². The number of hydrogen-bond acceptors (Lipinski definition) is 2. The Balaban J connectivity index is 1.66. The first-order chi connectivity index (χ1) is 12.0. The van der Waals surface area contributed by atoms with Crippen molar-refractivity contribution >= 4 is 44.5 Å². The van der Waals surface area contributed by atoms with Crippen LogP contribution in [0.15, 0.2) is 60.7 Å². The number of halogens is 3. The van der Waals surface area contributed by atoms with E-state index in [2.05, 4.69) is 11.1 Å². The van der Waals surface area contributed by atoms with Gasteiger partial charge in [-0.2, -0.15) is 13.2 Å². The fraction of sp³-hybridized carbons (Fsp3) is 0.0500. The highest BCUT2D eigenvalue weighted by atomic mass is 32.1. The van der Waals surface area contributed by atoms with E-state index in [4.69, 9.17) is 0 Å². The summed E-state index contributed by atoms with van der Waals surface area (Å²) in [6.07, 6.45) is -0.696. The molecule has 0 spiro atoms. The first-order valence-corrected chi connectivity index (χ1v) is 8.46. The zero-order valence-electron chi connectivity index (χ0n) is 12.9. The van der Waals surface area contributed by atoms with Crippen LogP contribution in [-0.4, -0.2) is 4.98 Å². The van der Waals surface area contributed by atoms with Gasteiger partial charge in [-0.05, 0) is 35.2 Å². The first kappa shape index (κ1) is 15.8. The standard InChI is InChI=1S/C20H12F3NS/c21-20(22,23)15-9-5-13(6-10-15)7-12-18-24-19-16-4-2-1-3-14(16)8-11-17(19)25-18/h1-12H. The van der Waals surface area contributed by atoms with Crippen LogP contribution in [0.3, 0.4) is 0 Å². The second-order valence-electron chi connectivity index (χ2n) is 5.64. The van der Waals surface area contributed by atoms with Crippen LogP contribution < -0.4 is 0 Å². The van der Waals surface area contributed by atoms with Crippen molar-refractivity contribution in [3.8, 4) is 0 Å². The van der Waals surface area contributed by atoms with E-state index in [1.165, 1.54) is 12.1 Å². The average Bonchev–Trinajstić information content (AvgIpc) is 3.03. The number of alkyl halides is 3. The molecule has 1 heterocycles. The van der Waals surface area contributed by atoms with Crippen molar-refractivity contribution < 1.29 is 13.2 Å². The van der Waals surface area contributed by atoms with Crippen molar-refractivity contribution in [2.45, 2.75) is 6.18 Å². The van der Waals surface area contributed by atoms with E-state index in [1.54, 1.807) is 17.4 Å². The van der Waals surface area contributed by atoms with Crippen LogP contribution in [-0.2, 0) is 6.18 Å². The Morgan fingerprint density at radius 3 is 2.36 bits per heavy atom. The summed E-state index contributed by atoms with van der Waals surface area (Å²) in [5.74, 6) is 0. The summed E-state index contributed by atoms with van der Waals surface area (Å²) in [5, 5.41) is 3.07. The molecule has 0 aliphatic rings. The van der Waals surface area contributed by atoms with E-state index in [0.717, 1.165) is 38.1 Å². The molecule has 3 aromatic carbocycles. The highest BCUT2D eigenvalue weighted by Crippen LogP contribution is 2.31. The maximum atomic E-state index is 12.6. The predicted octanol–water partition coefficient (Wildman–Crippen LogP) is 6.64. The molecule has 124 valence electrons. The second-order valence-corrected chi connectivity index (χ2v) is 6.70. The average molecular weight is 355 g/mol. The van der Waals surface area contributed by atoms with Gasteiger partial charge in [-0.15, -0.1) is 11.3 Å². The quantitative estimate of drug-likeness (QED) is 0.393. The summed E-state index contributed by atoms with van der Waals surface area (Å²) in [4.78, 5) is 4.66. The van der Waals surface area contributed by atoms with Crippen LogP contribution in [0.2, 0.25) is 0 Å². The molecular weight excluding hydrogens is 343 g/mol. The molecule has 0 bridgehead atoms. The molecule has 5 heteroatoms. The zero-order chi connectivity index (χ0) is 17.4. The van der Waals surface area contributed by atoms with Crippen molar-refractivity contribution in [2.75, 3.05) is 0 Å². The van der Waals surface area contributed by atoms with E-state index in [0.29, 0.717) is 5.56 Å². The number of fused-ring (bicyclic) bond motifs is 3. The molecule has 0 aliphatic heterocycles. The normalized spacial score (nSPS) is 12.4. The topological polar surface area (TPSA) is 12.9 Å². The number of rotatable bonds is 2. The van der Waals surface area contributed by atoms with Gasteiger partial charge in [-0.3, -0.25) is 0 Å². The smallest absolute Gasteiger partial charge is 0.236 e. The largest absolute Gasteiger partial charge is 0.416 e. The Labute approximate surface area is 146 Å². The Kier molecular flexibility index (Phi) is 3.81. The first-order valence-electron chi connectivity index (χ1n) is 7.64. The van der Waals surface area contributed by atoms with Gasteiger partial charge < -0.3 is 0 Å². The Morgan fingerprint density at radius 1 is 0.840 bits per heavy atom. The molecule has 0 saturated carbocycles. The molecule has 0 N–H and O–H groups in total. The summed E-state index contributed by atoms with van der Waals surface area (Å²) >= 11 is 1.56. The minimum Gasteiger partial charge on any atom is -0.236 e. The number of aromatic nitrogens is 1. The molecule has 0 aliphatic carbocycles. The lowest BCUT2D eigenvalue weighted by Crippen LogP contribution is -2.03. The van der Waals surface area contributed by atoms with Gasteiger partial charge in [0.15, 0.2) is 0 Å². The summed E-state index contributed by atoms with van der Waals surface area (Å²) in [6, 6.07) is 17.3. The van der Waals surface area contributed by atoms with E-state index in [9.17, 15) is 13.2 Å². The fourth-order valence-electron chi connectivity index (χ4n) is 2.70. The third kappa shape index (κ3) is 3.15. The third-order valence-electron chi connectivity index (χ3n) is 3.96. The van der Waals surface area contributed by atoms with Gasteiger partial charge in [0.25, 0.3) is 0 Å². The van der Waals surface area contributed by atoms with Crippen LogP contribution in [0.1, 0.15) is 16.1 Å². The maximum absolute atomic E-state index is 12.6. The molecule has 25 heavy (non-hydrogen) atoms. The summed E-state index contributed by atoms with van der Waals surface area (Å²) < 4.78 is 38.9. The van der Waals surface area contributed by atoms with Gasteiger partial charge in [0, 0.05) is 5.39 Å². The minimum absolute atomic E-state index is 0.642. The zero-order valence-corrected chi connectivity index (χ0v) is 13.7. The van der Waals surface area contributed by atoms with Crippen molar-refractivity contribution in [3.63, 3.8) is 0 Å². The Bertz CT molecular complexity index is 1080. The van der Waals surface area contributed by atoms with Crippen molar-refractivity contribution in [3.05, 3.63) is 76.8 Å². The molecule has 0 fully saturated rings. The lowest BCUT2D eigenvalue weighted by Gasteiger charge is -2.05. The fourth-order valence-corrected chi connectivity index (χ4v) is 3.59. The summed E-state index contributed by atoms with van der Waals surface area (Å²) in [6.45, 7) is 0. The lowest BCUT2D eigenvalue weighted by atomic mass is 10.1. The number of thiazole rings is 1. The number of benzene rings is 3. The molecule has 4 aromatic rings. The predicted molar refractivity (Wildman–Crippen MR) is 97.5 cm³/mol. The molecule has 4 rings (SSSR count). The molecular formula is C20H12F3NS. The van der Waals surface area contributed by atoms with Gasteiger partial charge in [0.05, 0.1) is 15.8 Å². The number of hydrogen-bond donors (Lipinski definition) is 0. The Hall–Kier alpha value is -2.66. The summed E-state index contributed by atoms with van der Waals surface area (Å²) in [5.41, 5.74) is 1.02. The van der Waals surface area contributed by atoms with Crippen molar-refractivity contribution in [1.29, 1.82) is 0 Å².